The van der Waals surface area contributed by atoms with Crippen LogP contribution in [-0.2, 0) is 4.74 Å². The minimum Gasteiger partial charge on any atom is -0.394 e. The Bertz CT molecular complexity index is 451. The van der Waals surface area contributed by atoms with E-state index in [9.17, 15) is 15.3 Å². The predicted octanol–water partition coefficient (Wildman–Crippen LogP) is 0.233. The molecular weight excluding hydrogens is 292 g/mol. The highest BCUT2D eigenvalue weighted by atomic mass is 32.2. The van der Waals surface area contributed by atoms with Gasteiger partial charge in [0.25, 0.3) is 0 Å². The van der Waals surface area contributed by atoms with Crippen molar-refractivity contribution in [3.05, 3.63) is 42.0 Å². The van der Waals surface area contributed by atoms with Gasteiger partial charge in [0.05, 0.1) is 6.61 Å². The van der Waals surface area contributed by atoms with Crippen molar-refractivity contribution < 1.29 is 25.2 Å². The molecule has 0 unspecified atom stereocenters. The summed E-state index contributed by atoms with van der Waals surface area (Å²) in [7, 11) is 0. The van der Waals surface area contributed by atoms with Crippen molar-refractivity contribution in [3.63, 3.8) is 0 Å². The molecular formula is C15H20O5S. The van der Waals surface area contributed by atoms with E-state index < -0.39 is 36.5 Å². The second-order valence-electron chi connectivity index (χ2n) is 4.84. The summed E-state index contributed by atoms with van der Waals surface area (Å²) in [6.07, 6.45) is -0.761. The fraction of sp³-hybridized carbons (Fsp3) is 0.467. The lowest BCUT2D eigenvalue weighted by atomic mass is 10.0. The van der Waals surface area contributed by atoms with Crippen molar-refractivity contribution in [2.45, 2.75) is 29.9 Å². The van der Waals surface area contributed by atoms with Crippen molar-refractivity contribution in [2.24, 2.45) is 0 Å². The SMILES string of the molecule is OC[C@H]1O[C@@H](SC/C=C/c2ccccc2)[C@@H](O)[C@@H](O)[C@@H]1O. The molecule has 0 bridgehead atoms. The van der Waals surface area contributed by atoms with E-state index in [1.165, 1.54) is 11.8 Å². The summed E-state index contributed by atoms with van der Waals surface area (Å²) in [5.41, 5.74) is 0.396. The highest BCUT2D eigenvalue weighted by Crippen LogP contribution is 2.28. The number of aliphatic hydroxyl groups excluding tert-OH is 4. The third-order valence-corrected chi connectivity index (χ3v) is 4.42. The maximum absolute atomic E-state index is 9.88. The number of thioether (sulfide) groups is 1. The molecule has 0 aliphatic carbocycles. The molecule has 1 aromatic rings. The van der Waals surface area contributed by atoms with Crippen LogP contribution in [0.5, 0.6) is 0 Å². The Hall–Kier alpha value is -0.890. The van der Waals surface area contributed by atoms with Crippen LogP contribution in [-0.4, -0.2) is 62.6 Å². The Morgan fingerprint density at radius 1 is 1.05 bits per heavy atom. The molecule has 1 aliphatic rings. The van der Waals surface area contributed by atoms with E-state index in [4.69, 9.17) is 9.84 Å². The lowest BCUT2D eigenvalue weighted by molar-refractivity contribution is -0.205. The maximum Gasteiger partial charge on any atom is 0.132 e. The molecule has 0 aromatic heterocycles. The molecule has 0 saturated carbocycles. The van der Waals surface area contributed by atoms with Gasteiger partial charge in [-0.2, -0.15) is 0 Å². The molecule has 6 heteroatoms. The molecule has 1 aliphatic heterocycles. The molecule has 116 valence electrons. The second kappa shape index (κ2) is 7.93. The molecule has 0 amide bonds. The smallest absolute Gasteiger partial charge is 0.132 e. The van der Waals surface area contributed by atoms with Crippen LogP contribution in [0.3, 0.4) is 0 Å². The fourth-order valence-electron chi connectivity index (χ4n) is 2.10. The van der Waals surface area contributed by atoms with Crippen LogP contribution in [0.25, 0.3) is 6.08 Å². The zero-order valence-electron chi connectivity index (χ0n) is 11.4. The van der Waals surface area contributed by atoms with Gasteiger partial charge >= 0.3 is 0 Å². The lowest BCUT2D eigenvalue weighted by Gasteiger charge is -2.39. The standard InChI is InChI=1S/C15H20O5S/c16-9-11-12(17)13(18)14(19)15(20-11)21-8-4-7-10-5-2-1-3-6-10/h1-7,11-19H,8-9H2/b7-4+/t11-,12-,13+,14+,15+/m1/s1. The van der Waals surface area contributed by atoms with E-state index in [0.717, 1.165) is 5.56 Å². The maximum atomic E-state index is 9.88. The van der Waals surface area contributed by atoms with E-state index in [1.807, 2.05) is 42.5 Å². The highest BCUT2D eigenvalue weighted by molar-refractivity contribution is 7.99. The first kappa shape index (κ1) is 16.5. The van der Waals surface area contributed by atoms with Gasteiger partial charge in [-0.15, -0.1) is 11.8 Å². The van der Waals surface area contributed by atoms with Crippen LogP contribution in [0, 0.1) is 0 Å². The first-order chi connectivity index (χ1) is 10.1. The van der Waals surface area contributed by atoms with Crippen LogP contribution < -0.4 is 0 Å². The first-order valence-corrected chi connectivity index (χ1v) is 7.82. The van der Waals surface area contributed by atoms with Crippen molar-refractivity contribution in [1.29, 1.82) is 0 Å². The average molecular weight is 312 g/mol. The molecule has 0 spiro atoms. The number of hydrogen-bond acceptors (Lipinski definition) is 6. The number of hydrogen-bond donors (Lipinski definition) is 4. The zero-order valence-corrected chi connectivity index (χ0v) is 12.3. The highest BCUT2D eigenvalue weighted by Gasteiger charge is 2.43. The third-order valence-electron chi connectivity index (χ3n) is 3.32. The largest absolute Gasteiger partial charge is 0.394 e. The fourth-order valence-corrected chi connectivity index (χ4v) is 3.08. The Balaban J connectivity index is 1.86. The molecule has 5 nitrogen and oxygen atoms in total. The van der Waals surface area contributed by atoms with Crippen LogP contribution in [0.2, 0.25) is 0 Å². The lowest BCUT2D eigenvalue weighted by Crippen LogP contribution is -2.57. The minimum absolute atomic E-state index is 0.401. The van der Waals surface area contributed by atoms with Crippen molar-refractivity contribution in [3.8, 4) is 0 Å². The van der Waals surface area contributed by atoms with Crippen molar-refractivity contribution >= 4 is 17.8 Å². The normalized spacial score (nSPS) is 33.4. The molecule has 1 saturated heterocycles. The molecule has 1 aromatic carbocycles. The van der Waals surface area contributed by atoms with Gasteiger partial charge in [-0.05, 0) is 5.56 Å². The molecule has 21 heavy (non-hydrogen) atoms. The van der Waals surface area contributed by atoms with Crippen LogP contribution >= 0.6 is 11.8 Å². The molecule has 5 atom stereocenters. The van der Waals surface area contributed by atoms with E-state index in [-0.39, 0.29) is 0 Å². The Morgan fingerprint density at radius 2 is 1.76 bits per heavy atom. The summed E-state index contributed by atoms with van der Waals surface area (Å²) in [5, 5.41) is 38.3. The van der Waals surface area contributed by atoms with Gasteiger partial charge in [-0.3, -0.25) is 0 Å². The quantitative estimate of drug-likeness (QED) is 0.622. The van der Waals surface area contributed by atoms with Gasteiger partial charge in [0.2, 0.25) is 0 Å². The van der Waals surface area contributed by atoms with Crippen molar-refractivity contribution in [1.82, 2.24) is 0 Å². The molecule has 0 radical (unpaired) electrons. The van der Waals surface area contributed by atoms with Crippen LogP contribution in [0.15, 0.2) is 36.4 Å². The van der Waals surface area contributed by atoms with Gasteiger partial charge in [0.1, 0.15) is 29.9 Å². The molecule has 1 fully saturated rings. The second-order valence-corrected chi connectivity index (χ2v) is 5.97. The number of rotatable bonds is 5. The van der Waals surface area contributed by atoms with Gasteiger partial charge in [0.15, 0.2) is 0 Å². The zero-order chi connectivity index (χ0) is 15.2. The number of aliphatic hydroxyl groups is 4. The van der Waals surface area contributed by atoms with E-state index in [1.54, 1.807) is 0 Å². The summed E-state index contributed by atoms with van der Waals surface area (Å²) in [4.78, 5) is 0. The number of benzene rings is 1. The third kappa shape index (κ3) is 4.29. The summed E-state index contributed by atoms with van der Waals surface area (Å²) >= 11 is 1.31. The van der Waals surface area contributed by atoms with Gasteiger partial charge in [-0.1, -0.05) is 42.5 Å². The van der Waals surface area contributed by atoms with E-state index in [2.05, 4.69) is 0 Å². The van der Waals surface area contributed by atoms with Gasteiger partial charge < -0.3 is 25.2 Å². The van der Waals surface area contributed by atoms with Crippen molar-refractivity contribution in [2.75, 3.05) is 12.4 Å². The minimum atomic E-state index is -1.31. The van der Waals surface area contributed by atoms with Gasteiger partial charge in [0, 0.05) is 5.75 Å². The summed E-state index contributed by atoms with van der Waals surface area (Å²) < 4.78 is 5.40. The topological polar surface area (TPSA) is 90.2 Å². The molecule has 1 heterocycles. The van der Waals surface area contributed by atoms with E-state index >= 15 is 0 Å². The number of ether oxygens (including phenoxy) is 1. The molecule has 2 rings (SSSR count). The summed E-state index contributed by atoms with van der Waals surface area (Å²) in [5.74, 6) is 0.581. The van der Waals surface area contributed by atoms with Crippen LogP contribution in [0.1, 0.15) is 5.56 Å². The first-order valence-electron chi connectivity index (χ1n) is 6.77. The van der Waals surface area contributed by atoms with Crippen LogP contribution in [0.4, 0.5) is 0 Å². The predicted molar refractivity (Wildman–Crippen MR) is 81.7 cm³/mol. The Labute approximate surface area is 127 Å². The Kier molecular flexibility index (Phi) is 6.22. The molecule has 4 N–H and O–H groups in total. The van der Waals surface area contributed by atoms with E-state index in [0.29, 0.717) is 5.75 Å². The van der Waals surface area contributed by atoms with Gasteiger partial charge in [-0.25, -0.2) is 0 Å². The summed E-state index contributed by atoms with van der Waals surface area (Å²) in [6.45, 7) is -0.401. The summed E-state index contributed by atoms with van der Waals surface area (Å²) in [6, 6.07) is 9.80. The average Bonchev–Trinajstić information content (AvgIpc) is 2.52. The Morgan fingerprint density at radius 3 is 2.43 bits per heavy atom. The monoisotopic (exact) mass is 312 g/mol.